The second-order valence-electron chi connectivity index (χ2n) is 9.34. The molecule has 6 nitrogen and oxygen atoms in total. The Labute approximate surface area is 187 Å². The number of hydrogen-bond donors (Lipinski definition) is 1. The van der Waals surface area contributed by atoms with Gasteiger partial charge in [-0.1, -0.05) is 36.4 Å². The standard InChI is InChI=1S/C25H29FN2O4/c1-25(2,3)32-24(30)27-19-14-21(31-15-19)23(29)28-13-12-16-6-4-5-7-20(16)22(28)17-8-10-18(26)11-9-17/h4-11,19,21-22H,12-15H2,1-3H3,(H,27,30)/t19-,21+,22-/m0/s1. The zero-order chi connectivity index (χ0) is 22.9. The highest BCUT2D eigenvalue weighted by molar-refractivity contribution is 5.83. The van der Waals surface area contributed by atoms with Gasteiger partial charge in [0.1, 0.15) is 17.5 Å². The minimum absolute atomic E-state index is 0.123. The fraction of sp³-hybridized carbons (Fsp3) is 0.440. The van der Waals surface area contributed by atoms with Crippen molar-refractivity contribution in [1.82, 2.24) is 10.2 Å². The molecule has 170 valence electrons. The summed E-state index contributed by atoms with van der Waals surface area (Å²) in [4.78, 5) is 27.4. The van der Waals surface area contributed by atoms with Crippen molar-refractivity contribution < 1.29 is 23.5 Å². The fourth-order valence-corrected chi connectivity index (χ4v) is 4.37. The van der Waals surface area contributed by atoms with Crippen LogP contribution >= 0.6 is 0 Å². The molecule has 2 heterocycles. The average Bonchev–Trinajstić information content (AvgIpc) is 3.20. The topological polar surface area (TPSA) is 67.9 Å². The fourth-order valence-electron chi connectivity index (χ4n) is 4.37. The van der Waals surface area contributed by atoms with E-state index in [0.717, 1.165) is 17.5 Å². The van der Waals surface area contributed by atoms with Gasteiger partial charge < -0.3 is 19.7 Å². The van der Waals surface area contributed by atoms with Crippen molar-refractivity contribution in [1.29, 1.82) is 0 Å². The maximum Gasteiger partial charge on any atom is 0.407 e. The molecule has 0 aromatic heterocycles. The first-order valence-electron chi connectivity index (χ1n) is 11.0. The molecule has 2 aromatic carbocycles. The molecular formula is C25H29FN2O4. The summed E-state index contributed by atoms with van der Waals surface area (Å²) in [5.74, 6) is -0.437. The Morgan fingerprint density at radius 1 is 1.12 bits per heavy atom. The molecule has 0 unspecified atom stereocenters. The number of fused-ring (bicyclic) bond motifs is 1. The smallest absolute Gasteiger partial charge is 0.407 e. The number of carbonyl (C=O) groups excluding carboxylic acids is 2. The maximum atomic E-state index is 13.6. The average molecular weight is 441 g/mol. The highest BCUT2D eigenvalue weighted by Gasteiger charge is 2.39. The summed E-state index contributed by atoms with van der Waals surface area (Å²) in [6.45, 7) is 6.19. The maximum absolute atomic E-state index is 13.6. The van der Waals surface area contributed by atoms with Gasteiger partial charge in [-0.25, -0.2) is 9.18 Å². The second kappa shape index (κ2) is 8.90. The van der Waals surface area contributed by atoms with Crippen molar-refractivity contribution >= 4 is 12.0 Å². The van der Waals surface area contributed by atoms with Crippen LogP contribution in [0.3, 0.4) is 0 Å². The molecule has 7 heteroatoms. The van der Waals surface area contributed by atoms with Gasteiger partial charge in [0, 0.05) is 13.0 Å². The van der Waals surface area contributed by atoms with Crippen molar-refractivity contribution in [3.05, 3.63) is 71.0 Å². The van der Waals surface area contributed by atoms with Crippen molar-refractivity contribution in [2.45, 2.75) is 57.4 Å². The predicted molar refractivity (Wildman–Crippen MR) is 118 cm³/mol. The largest absolute Gasteiger partial charge is 0.444 e. The summed E-state index contributed by atoms with van der Waals surface area (Å²) in [5, 5.41) is 2.79. The van der Waals surface area contributed by atoms with Crippen molar-refractivity contribution in [2.75, 3.05) is 13.2 Å². The van der Waals surface area contributed by atoms with Gasteiger partial charge in [-0.3, -0.25) is 4.79 Å². The van der Waals surface area contributed by atoms with E-state index in [4.69, 9.17) is 9.47 Å². The molecule has 4 rings (SSSR count). The third-order valence-electron chi connectivity index (χ3n) is 5.75. The quantitative estimate of drug-likeness (QED) is 0.784. The van der Waals surface area contributed by atoms with Crippen LogP contribution in [0.5, 0.6) is 0 Å². The Balaban J connectivity index is 1.51. The van der Waals surface area contributed by atoms with Crippen molar-refractivity contribution in [3.8, 4) is 0 Å². The van der Waals surface area contributed by atoms with E-state index in [1.54, 1.807) is 32.9 Å². The highest BCUT2D eigenvalue weighted by Crippen LogP contribution is 2.36. The summed E-state index contributed by atoms with van der Waals surface area (Å²) in [7, 11) is 0. The van der Waals surface area contributed by atoms with Crippen LogP contribution in [0.15, 0.2) is 48.5 Å². The SMILES string of the molecule is CC(C)(C)OC(=O)N[C@@H]1CO[C@@H](C(=O)N2CCc3ccccc3[C@@H]2c2ccc(F)cc2)C1. The van der Waals surface area contributed by atoms with E-state index in [1.165, 1.54) is 17.7 Å². The van der Waals surface area contributed by atoms with Gasteiger partial charge in [0.15, 0.2) is 0 Å². The first-order chi connectivity index (χ1) is 15.2. The monoisotopic (exact) mass is 440 g/mol. The summed E-state index contributed by atoms with van der Waals surface area (Å²) < 4.78 is 24.6. The van der Waals surface area contributed by atoms with E-state index in [0.29, 0.717) is 13.0 Å². The first kappa shape index (κ1) is 22.3. The van der Waals surface area contributed by atoms with Crippen LogP contribution in [0, 0.1) is 5.82 Å². The van der Waals surface area contributed by atoms with Crippen LogP contribution in [-0.2, 0) is 20.7 Å². The van der Waals surface area contributed by atoms with Gasteiger partial charge in [0.25, 0.3) is 5.91 Å². The third kappa shape index (κ3) is 4.93. The lowest BCUT2D eigenvalue weighted by Gasteiger charge is -2.39. The molecule has 0 aliphatic carbocycles. The van der Waals surface area contributed by atoms with E-state index < -0.39 is 17.8 Å². The van der Waals surface area contributed by atoms with Gasteiger partial charge in [0.05, 0.1) is 18.7 Å². The Kier molecular flexibility index (Phi) is 6.20. The van der Waals surface area contributed by atoms with Gasteiger partial charge >= 0.3 is 6.09 Å². The minimum atomic E-state index is -0.650. The Morgan fingerprint density at radius 2 is 1.84 bits per heavy atom. The minimum Gasteiger partial charge on any atom is -0.444 e. The lowest BCUT2D eigenvalue weighted by molar-refractivity contribution is -0.143. The van der Waals surface area contributed by atoms with Crippen LogP contribution < -0.4 is 5.32 Å². The van der Waals surface area contributed by atoms with Gasteiger partial charge in [-0.05, 0) is 56.0 Å². The van der Waals surface area contributed by atoms with Gasteiger partial charge in [-0.15, -0.1) is 0 Å². The molecule has 1 fully saturated rings. The third-order valence-corrected chi connectivity index (χ3v) is 5.75. The molecule has 2 aliphatic heterocycles. The van der Waals surface area contributed by atoms with Gasteiger partial charge in [0.2, 0.25) is 0 Å². The van der Waals surface area contributed by atoms with Crippen LogP contribution in [0.4, 0.5) is 9.18 Å². The van der Waals surface area contributed by atoms with E-state index >= 15 is 0 Å². The molecule has 0 spiro atoms. The summed E-state index contributed by atoms with van der Waals surface area (Å²) >= 11 is 0. The predicted octanol–water partition coefficient (Wildman–Crippen LogP) is 3.98. The molecule has 0 bridgehead atoms. The van der Waals surface area contributed by atoms with Gasteiger partial charge in [-0.2, -0.15) is 0 Å². The van der Waals surface area contributed by atoms with E-state index in [2.05, 4.69) is 11.4 Å². The molecule has 1 N–H and O–H groups in total. The summed E-state index contributed by atoms with van der Waals surface area (Å²) in [5.41, 5.74) is 2.48. The lowest BCUT2D eigenvalue weighted by Crippen LogP contribution is -2.46. The van der Waals surface area contributed by atoms with Crippen LogP contribution in [0.2, 0.25) is 0 Å². The van der Waals surface area contributed by atoms with E-state index in [9.17, 15) is 14.0 Å². The number of alkyl carbamates (subject to hydrolysis) is 1. The number of carbonyl (C=O) groups is 2. The highest BCUT2D eigenvalue weighted by atomic mass is 19.1. The number of nitrogens with zero attached hydrogens (tertiary/aromatic N) is 1. The Morgan fingerprint density at radius 3 is 2.56 bits per heavy atom. The molecule has 2 amide bonds. The molecular weight excluding hydrogens is 411 g/mol. The van der Waals surface area contributed by atoms with E-state index in [1.807, 2.05) is 23.1 Å². The number of nitrogens with one attached hydrogen (secondary N) is 1. The zero-order valence-electron chi connectivity index (χ0n) is 18.6. The Hall–Kier alpha value is -2.93. The van der Waals surface area contributed by atoms with Crippen molar-refractivity contribution in [3.63, 3.8) is 0 Å². The molecule has 0 radical (unpaired) electrons. The molecule has 3 atom stereocenters. The zero-order valence-corrected chi connectivity index (χ0v) is 18.6. The molecule has 2 aliphatic rings. The summed E-state index contributed by atoms with van der Waals surface area (Å²) in [6.07, 6.45) is -0.0448. The van der Waals surface area contributed by atoms with Crippen molar-refractivity contribution in [2.24, 2.45) is 0 Å². The number of benzene rings is 2. The summed E-state index contributed by atoms with van der Waals surface area (Å²) in [6, 6.07) is 13.7. The van der Waals surface area contributed by atoms with Crippen LogP contribution in [0.25, 0.3) is 0 Å². The second-order valence-corrected chi connectivity index (χ2v) is 9.34. The molecule has 0 saturated carbocycles. The van der Waals surface area contributed by atoms with E-state index in [-0.39, 0.29) is 30.4 Å². The van der Waals surface area contributed by atoms with Crippen LogP contribution in [-0.4, -0.2) is 47.8 Å². The number of ether oxygens (including phenoxy) is 2. The lowest BCUT2D eigenvalue weighted by atomic mass is 9.87. The molecule has 32 heavy (non-hydrogen) atoms. The number of halogens is 1. The normalized spacial score (nSPS) is 22.9. The number of hydrogen-bond acceptors (Lipinski definition) is 4. The Bertz CT molecular complexity index is 986. The molecule has 1 saturated heterocycles. The first-order valence-corrected chi connectivity index (χ1v) is 11.0. The molecule has 2 aromatic rings. The van der Waals surface area contributed by atoms with Crippen LogP contribution in [0.1, 0.15) is 49.9 Å². The number of rotatable bonds is 3. The number of amides is 2.